The second kappa shape index (κ2) is 7.13. The van der Waals surface area contributed by atoms with Crippen LogP contribution in [-0.4, -0.2) is 45.5 Å². The van der Waals surface area contributed by atoms with Crippen molar-refractivity contribution in [2.24, 2.45) is 7.05 Å². The molecule has 1 rings (SSSR count). The van der Waals surface area contributed by atoms with Gasteiger partial charge in [0.25, 0.3) is 5.91 Å². The summed E-state index contributed by atoms with van der Waals surface area (Å²) in [7, 11) is 1.78. The number of amides is 1. The quantitative estimate of drug-likeness (QED) is 0.836. The number of thioether (sulfide) groups is 1. The van der Waals surface area contributed by atoms with Crippen LogP contribution in [0, 0.1) is 0 Å². The Labute approximate surface area is 125 Å². The molecule has 1 heterocycles. The molecule has 0 aromatic carbocycles. The van der Waals surface area contributed by atoms with Gasteiger partial charge in [-0.15, -0.1) is 0 Å². The summed E-state index contributed by atoms with van der Waals surface area (Å²) in [5.41, 5.74) is 1.37. The average Bonchev–Trinajstić information content (AvgIpc) is 2.72. The first kappa shape index (κ1) is 17.0. The zero-order valence-electron chi connectivity index (χ0n) is 12.9. The molecule has 5 nitrogen and oxygen atoms in total. The van der Waals surface area contributed by atoms with Crippen LogP contribution in [0.2, 0.25) is 0 Å². The summed E-state index contributed by atoms with van der Waals surface area (Å²) < 4.78 is 1.62. The molecule has 1 amide bonds. The highest BCUT2D eigenvalue weighted by Gasteiger charge is 2.22. The second-order valence-corrected chi connectivity index (χ2v) is 6.84. The van der Waals surface area contributed by atoms with E-state index in [2.05, 4.69) is 31.2 Å². The molecular weight excluding hydrogens is 274 g/mol. The maximum atomic E-state index is 12.3. The van der Waals surface area contributed by atoms with Crippen molar-refractivity contribution in [2.45, 2.75) is 38.6 Å². The minimum absolute atomic E-state index is 0.0181. The Hall–Kier alpha value is -1.01. The van der Waals surface area contributed by atoms with Crippen LogP contribution in [0.4, 0.5) is 0 Å². The minimum Gasteiger partial charge on any atom is -0.396 e. The van der Waals surface area contributed by atoms with Gasteiger partial charge in [0.2, 0.25) is 0 Å². The van der Waals surface area contributed by atoms with E-state index in [4.69, 9.17) is 5.11 Å². The van der Waals surface area contributed by atoms with Gasteiger partial charge in [-0.25, -0.2) is 0 Å². The van der Waals surface area contributed by atoms with Crippen molar-refractivity contribution >= 4 is 17.7 Å². The second-order valence-electron chi connectivity index (χ2n) is 5.93. The largest absolute Gasteiger partial charge is 0.396 e. The molecular formula is C14H25N3O2S. The molecule has 0 saturated heterocycles. The Balaban J connectivity index is 2.84. The van der Waals surface area contributed by atoms with Gasteiger partial charge in [-0.2, -0.15) is 16.9 Å². The summed E-state index contributed by atoms with van der Waals surface area (Å²) in [5.74, 6) is 0.652. The number of nitrogens with zero attached hydrogens (tertiary/aromatic N) is 2. The van der Waals surface area contributed by atoms with E-state index in [0.717, 1.165) is 11.4 Å². The third kappa shape index (κ3) is 4.52. The number of hydrogen-bond donors (Lipinski definition) is 2. The fourth-order valence-corrected chi connectivity index (χ4v) is 2.51. The highest BCUT2D eigenvalue weighted by molar-refractivity contribution is 7.98. The normalized spacial score (nSPS) is 13.3. The smallest absolute Gasteiger partial charge is 0.269 e. The topological polar surface area (TPSA) is 67.2 Å². The number of aryl methyl sites for hydroxylation is 1. The Bertz CT molecular complexity index is 446. The van der Waals surface area contributed by atoms with E-state index in [1.165, 1.54) is 0 Å². The Kier molecular flexibility index (Phi) is 6.07. The van der Waals surface area contributed by atoms with E-state index in [0.29, 0.717) is 12.1 Å². The molecule has 0 saturated carbocycles. The van der Waals surface area contributed by atoms with Gasteiger partial charge >= 0.3 is 0 Å². The molecule has 20 heavy (non-hydrogen) atoms. The zero-order valence-corrected chi connectivity index (χ0v) is 13.8. The molecule has 1 unspecified atom stereocenters. The SMILES string of the molecule is CSCC(CCO)NC(=O)c1cc(C(C)(C)C)nn1C. The number of rotatable bonds is 6. The van der Waals surface area contributed by atoms with Crippen LogP contribution >= 0.6 is 11.8 Å². The van der Waals surface area contributed by atoms with Crippen molar-refractivity contribution in [2.75, 3.05) is 18.6 Å². The molecule has 0 aliphatic rings. The summed E-state index contributed by atoms with van der Waals surface area (Å²) in [6, 6.07) is 1.82. The lowest BCUT2D eigenvalue weighted by Gasteiger charge is -2.16. The van der Waals surface area contributed by atoms with Crippen LogP contribution in [0.5, 0.6) is 0 Å². The van der Waals surface area contributed by atoms with E-state index >= 15 is 0 Å². The fraction of sp³-hybridized carbons (Fsp3) is 0.714. The lowest BCUT2D eigenvalue weighted by atomic mass is 9.92. The van der Waals surface area contributed by atoms with Crippen LogP contribution in [0.25, 0.3) is 0 Å². The average molecular weight is 299 g/mol. The molecule has 0 radical (unpaired) electrons. The van der Waals surface area contributed by atoms with Crippen LogP contribution in [-0.2, 0) is 12.5 Å². The van der Waals surface area contributed by atoms with Gasteiger partial charge in [0, 0.05) is 30.9 Å². The molecule has 0 fully saturated rings. The van der Waals surface area contributed by atoms with Crippen LogP contribution in [0.1, 0.15) is 43.4 Å². The summed E-state index contributed by atoms with van der Waals surface area (Å²) in [4.78, 5) is 12.3. The summed E-state index contributed by atoms with van der Waals surface area (Å²) in [6.45, 7) is 6.28. The monoisotopic (exact) mass is 299 g/mol. The Morgan fingerprint density at radius 3 is 2.65 bits per heavy atom. The number of aliphatic hydroxyl groups excluding tert-OH is 1. The molecule has 0 aliphatic heterocycles. The van der Waals surface area contributed by atoms with Crippen molar-refractivity contribution in [3.63, 3.8) is 0 Å². The Morgan fingerprint density at radius 1 is 1.55 bits per heavy atom. The lowest BCUT2D eigenvalue weighted by molar-refractivity contribution is 0.0926. The maximum absolute atomic E-state index is 12.3. The third-order valence-electron chi connectivity index (χ3n) is 3.06. The number of aromatic nitrogens is 2. The molecule has 2 N–H and O–H groups in total. The van der Waals surface area contributed by atoms with Gasteiger partial charge in [-0.3, -0.25) is 9.48 Å². The molecule has 6 heteroatoms. The first-order chi connectivity index (χ1) is 9.29. The predicted molar refractivity (Wildman–Crippen MR) is 83.2 cm³/mol. The summed E-state index contributed by atoms with van der Waals surface area (Å²) >= 11 is 1.65. The third-order valence-corrected chi connectivity index (χ3v) is 3.80. The van der Waals surface area contributed by atoms with Crippen LogP contribution < -0.4 is 5.32 Å². The van der Waals surface area contributed by atoms with E-state index in [1.807, 2.05) is 12.3 Å². The number of carbonyl (C=O) groups excluding carboxylic acids is 1. The van der Waals surface area contributed by atoms with Crippen molar-refractivity contribution in [3.8, 4) is 0 Å². The zero-order chi connectivity index (χ0) is 15.3. The van der Waals surface area contributed by atoms with Gasteiger partial charge < -0.3 is 10.4 Å². The summed E-state index contributed by atoms with van der Waals surface area (Å²) in [5, 5.41) is 16.4. The maximum Gasteiger partial charge on any atom is 0.269 e. The molecule has 1 aromatic heterocycles. The Morgan fingerprint density at radius 2 is 2.20 bits per heavy atom. The van der Waals surface area contributed by atoms with Crippen molar-refractivity contribution < 1.29 is 9.90 Å². The standard InChI is InChI=1S/C14H25N3O2S/c1-14(2,3)12-8-11(17(4)16-12)13(19)15-10(6-7-18)9-20-5/h8,10,18H,6-7,9H2,1-5H3,(H,15,19). The van der Waals surface area contributed by atoms with Gasteiger partial charge in [0.1, 0.15) is 5.69 Å². The molecule has 1 atom stereocenters. The van der Waals surface area contributed by atoms with E-state index in [1.54, 1.807) is 23.5 Å². The molecule has 0 bridgehead atoms. The van der Waals surface area contributed by atoms with Gasteiger partial charge in [-0.1, -0.05) is 20.8 Å². The van der Waals surface area contributed by atoms with Crippen LogP contribution in [0.3, 0.4) is 0 Å². The van der Waals surface area contributed by atoms with Gasteiger partial charge in [0.15, 0.2) is 0 Å². The van der Waals surface area contributed by atoms with Crippen molar-refractivity contribution in [1.29, 1.82) is 0 Å². The van der Waals surface area contributed by atoms with Gasteiger partial charge in [-0.05, 0) is 18.7 Å². The molecule has 114 valence electrons. The first-order valence-corrected chi connectivity index (χ1v) is 8.14. The van der Waals surface area contributed by atoms with Crippen molar-refractivity contribution in [3.05, 3.63) is 17.5 Å². The molecule has 0 spiro atoms. The minimum atomic E-state index is -0.136. The van der Waals surface area contributed by atoms with Gasteiger partial charge in [0.05, 0.1) is 5.69 Å². The number of carbonyl (C=O) groups is 1. The molecule has 0 aliphatic carbocycles. The number of hydrogen-bond acceptors (Lipinski definition) is 4. The van der Waals surface area contributed by atoms with Crippen molar-refractivity contribution in [1.82, 2.24) is 15.1 Å². The molecule has 1 aromatic rings. The van der Waals surface area contributed by atoms with E-state index in [-0.39, 0.29) is 24.0 Å². The van der Waals surface area contributed by atoms with E-state index in [9.17, 15) is 4.79 Å². The number of nitrogens with one attached hydrogen (secondary N) is 1. The highest BCUT2D eigenvalue weighted by atomic mass is 32.2. The van der Waals surface area contributed by atoms with Crippen LogP contribution in [0.15, 0.2) is 6.07 Å². The predicted octanol–water partition coefficient (Wildman–Crippen LogP) is 1.56. The fourth-order valence-electron chi connectivity index (χ4n) is 1.86. The first-order valence-electron chi connectivity index (χ1n) is 6.74. The lowest BCUT2D eigenvalue weighted by Crippen LogP contribution is -2.38. The van der Waals surface area contributed by atoms with E-state index < -0.39 is 0 Å². The number of aliphatic hydroxyl groups is 1. The highest BCUT2D eigenvalue weighted by Crippen LogP contribution is 2.21. The summed E-state index contributed by atoms with van der Waals surface area (Å²) in [6.07, 6.45) is 2.55.